The SMILES string of the molecule is C.CCOc1ccc(C(=O)c2ccc(CC(=O)O)n2Cc2ccccc2)cc1. The van der Waals surface area contributed by atoms with Crippen LogP contribution in [-0.2, 0) is 17.8 Å². The molecule has 1 N–H and O–H groups in total. The second-order valence-electron chi connectivity index (χ2n) is 6.14. The molecule has 0 radical (unpaired) electrons. The zero-order valence-corrected chi connectivity index (χ0v) is 15.1. The van der Waals surface area contributed by atoms with Crippen molar-refractivity contribution >= 4 is 11.8 Å². The van der Waals surface area contributed by atoms with E-state index in [-0.39, 0.29) is 19.6 Å². The van der Waals surface area contributed by atoms with E-state index in [4.69, 9.17) is 4.74 Å². The quantitative estimate of drug-likeness (QED) is 0.588. The molecule has 0 fully saturated rings. The summed E-state index contributed by atoms with van der Waals surface area (Å²) in [4.78, 5) is 24.2. The maximum Gasteiger partial charge on any atom is 0.309 e. The summed E-state index contributed by atoms with van der Waals surface area (Å²) in [6.45, 7) is 2.90. The molecule has 0 amide bonds. The minimum Gasteiger partial charge on any atom is -0.494 e. The molecule has 3 rings (SSSR count). The summed E-state index contributed by atoms with van der Waals surface area (Å²) < 4.78 is 7.20. The summed E-state index contributed by atoms with van der Waals surface area (Å²) in [6.07, 6.45) is -0.136. The van der Waals surface area contributed by atoms with Crippen LogP contribution in [0.2, 0.25) is 0 Å². The summed E-state index contributed by atoms with van der Waals surface area (Å²) in [5.74, 6) is -0.367. The predicted molar refractivity (Wildman–Crippen MR) is 109 cm³/mol. The third-order valence-corrected chi connectivity index (χ3v) is 4.25. The molecular formula is C23H25NO4. The number of nitrogens with zero attached hydrogens (tertiary/aromatic N) is 1. The topological polar surface area (TPSA) is 68.5 Å². The van der Waals surface area contributed by atoms with Crippen LogP contribution in [0.25, 0.3) is 0 Å². The Kier molecular flexibility index (Phi) is 7.15. The van der Waals surface area contributed by atoms with E-state index in [9.17, 15) is 14.7 Å². The van der Waals surface area contributed by atoms with Gasteiger partial charge in [-0.25, -0.2) is 0 Å². The van der Waals surface area contributed by atoms with E-state index in [2.05, 4.69) is 0 Å². The summed E-state index contributed by atoms with van der Waals surface area (Å²) in [5.41, 5.74) is 2.61. The molecule has 5 heteroatoms. The van der Waals surface area contributed by atoms with Gasteiger partial charge in [0, 0.05) is 17.8 Å². The van der Waals surface area contributed by atoms with Crippen LogP contribution >= 0.6 is 0 Å². The Hall–Kier alpha value is -3.34. The van der Waals surface area contributed by atoms with Crippen molar-refractivity contribution in [2.75, 3.05) is 6.61 Å². The van der Waals surface area contributed by atoms with Gasteiger partial charge in [-0.1, -0.05) is 37.8 Å². The van der Waals surface area contributed by atoms with Gasteiger partial charge in [0.2, 0.25) is 5.78 Å². The molecule has 2 aromatic carbocycles. The number of ketones is 1. The lowest BCUT2D eigenvalue weighted by atomic mass is 10.1. The van der Waals surface area contributed by atoms with E-state index in [1.165, 1.54) is 0 Å². The minimum atomic E-state index is -0.928. The fraction of sp³-hybridized carbons (Fsp3) is 0.217. The average molecular weight is 379 g/mol. The Morgan fingerprint density at radius 1 is 0.964 bits per heavy atom. The second kappa shape index (κ2) is 9.55. The van der Waals surface area contributed by atoms with Crippen molar-refractivity contribution in [1.29, 1.82) is 0 Å². The highest BCUT2D eigenvalue weighted by Gasteiger charge is 2.18. The number of carboxylic acid groups (broad SMARTS) is 1. The first-order valence-electron chi connectivity index (χ1n) is 8.80. The van der Waals surface area contributed by atoms with Crippen LogP contribution in [0.1, 0.15) is 41.7 Å². The summed E-state index contributed by atoms with van der Waals surface area (Å²) in [7, 11) is 0. The van der Waals surface area contributed by atoms with Gasteiger partial charge in [0.05, 0.1) is 18.7 Å². The lowest BCUT2D eigenvalue weighted by Crippen LogP contribution is -2.15. The van der Waals surface area contributed by atoms with Crippen LogP contribution in [-0.4, -0.2) is 28.0 Å². The Labute approximate surface area is 165 Å². The Balaban J connectivity index is 0.00000280. The number of aromatic nitrogens is 1. The number of carbonyl (C=O) groups excluding carboxylic acids is 1. The van der Waals surface area contributed by atoms with E-state index >= 15 is 0 Å². The molecule has 146 valence electrons. The van der Waals surface area contributed by atoms with Crippen molar-refractivity contribution < 1.29 is 19.4 Å². The van der Waals surface area contributed by atoms with E-state index in [1.807, 2.05) is 37.3 Å². The third kappa shape index (κ3) is 4.88. The Bertz CT molecular complexity index is 927. The molecule has 0 aliphatic heterocycles. The van der Waals surface area contributed by atoms with Gasteiger partial charge in [-0.05, 0) is 48.9 Å². The van der Waals surface area contributed by atoms with Crippen molar-refractivity contribution in [3.05, 3.63) is 89.2 Å². The lowest BCUT2D eigenvalue weighted by Gasteiger charge is -2.13. The van der Waals surface area contributed by atoms with Crippen LogP contribution in [0, 0.1) is 0 Å². The van der Waals surface area contributed by atoms with Crippen LogP contribution in [0.5, 0.6) is 5.75 Å². The normalized spacial score (nSPS) is 10.2. The molecule has 1 heterocycles. The van der Waals surface area contributed by atoms with Crippen molar-refractivity contribution in [2.45, 2.75) is 27.3 Å². The molecular weight excluding hydrogens is 354 g/mol. The van der Waals surface area contributed by atoms with Gasteiger partial charge in [-0.2, -0.15) is 0 Å². The largest absolute Gasteiger partial charge is 0.494 e. The van der Waals surface area contributed by atoms with Crippen LogP contribution in [0.15, 0.2) is 66.7 Å². The molecule has 0 aliphatic rings. The van der Waals surface area contributed by atoms with Crippen molar-refractivity contribution in [1.82, 2.24) is 4.57 Å². The predicted octanol–water partition coefficient (Wildman–Crippen LogP) is 4.43. The molecule has 0 saturated carbocycles. The highest BCUT2D eigenvalue weighted by Crippen LogP contribution is 2.19. The molecule has 0 unspecified atom stereocenters. The summed E-state index contributed by atoms with van der Waals surface area (Å²) >= 11 is 0. The zero-order chi connectivity index (χ0) is 19.2. The van der Waals surface area contributed by atoms with E-state index in [0.29, 0.717) is 35.9 Å². The highest BCUT2D eigenvalue weighted by atomic mass is 16.5. The zero-order valence-electron chi connectivity index (χ0n) is 15.1. The number of rotatable bonds is 8. The highest BCUT2D eigenvalue weighted by molar-refractivity contribution is 6.08. The number of hydrogen-bond acceptors (Lipinski definition) is 3. The van der Waals surface area contributed by atoms with E-state index < -0.39 is 5.97 Å². The fourth-order valence-electron chi connectivity index (χ4n) is 2.99. The number of carbonyl (C=O) groups is 2. The third-order valence-electron chi connectivity index (χ3n) is 4.25. The molecule has 0 aliphatic carbocycles. The molecule has 0 saturated heterocycles. The average Bonchev–Trinajstić information content (AvgIpc) is 3.04. The van der Waals surface area contributed by atoms with Gasteiger partial charge >= 0.3 is 5.97 Å². The molecule has 5 nitrogen and oxygen atoms in total. The molecule has 28 heavy (non-hydrogen) atoms. The first kappa shape index (κ1) is 21.0. The summed E-state index contributed by atoms with van der Waals surface area (Å²) in [6, 6.07) is 20.0. The maximum atomic E-state index is 13.0. The summed E-state index contributed by atoms with van der Waals surface area (Å²) in [5, 5.41) is 9.19. The monoisotopic (exact) mass is 379 g/mol. The van der Waals surface area contributed by atoms with Gasteiger partial charge in [0.25, 0.3) is 0 Å². The number of benzene rings is 2. The standard InChI is InChI=1S/C22H21NO4.CH4/c1-2-27-19-11-8-17(9-12-19)22(26)20-13-10-18(14-21(24)25)23(20)15-16-6-4-3-5-7-16;/h3-13H,2,14-15H2,1H3,(H,24,25);1H4. The molecule has 0 atom stereocenters. The number of carboxylic acids is 1. The van der Waals surface area contributed by atoms with Gasteiger partial charge in [-0.15, -0.1) is 0 Å². The van der Waals surface area contributed by atoms with Crippen LogP contribution < -0.4 is 4.74 Å². The van der Waals surface area contributed by atoms with Crippen LogP contribution in [0.4, 0.5) is 0 Å². The van der Waals surface area contributed by atoms with Crippen molar-refractivity contribution in [2.24, 2.45) is 0 Å². The van der Waals surface area contributed by atoms with E-state index in [0.717, 1.165) is 5.56 Å². The van der Waals surface area contributed by atoms with Gasteiger partial charge < -0.3 is 14.4 Å². The first-order valence-corrected chi connectivity index (χ1v) is 8.80. The van der Waals surface area contributed by atoms with Crippen molar-refractivity contribution in [3.63, 3.8) is 0 Å². The lowest BCUT2D eigenvalue weighted by molar-refractivity contribution is -0.136. The fourth-order valence-corrected chi connectivity index (χ4v) is 2.99. The van der Waals surface area contributed by atoms with Gasteiger partial charge in [0.1, 0.15) is 5.75 Å². The van der Waals surface area contributed by atoms with Gasteiger partial charge in [0.15, 0.2) is 0 Å². The maximum absolute atomic E-state index is 13.0. The Morgan fingerprint density at radius 2 is 1.64 bits per heavy atom. The molecule has 3 aromatic rings. The minimum absolute atomic E-state index is 0. The molecule has 1 aromatic heterocycles. The first-order chi connectivity index (χ1) is 13.1. The molecule has 0 spiro atoms. The smallest absolute Gasteiger partial charge is 0.309 e. The van der Waals surface area contributed by atoms with Gasteiger partial charge in [-0.3, -0.25) is 9.59 Å². The molecule has 0 bridgehead atoms. The second-order valence-corrected chi connectivity index (χ2v) is 6.14. The van der Waals surface area contributed by atoms with Crippen molar-refractivity contribution in [3.8, 4) is 5.75 Å². The number of ether oxygens (including phenoxy) is 1. The van der Waals surface area contributed by atoms with Crippen LogP contribution in [0.3, 0.4) is 0 Å². The van der Waals surface area contributed by atoms with E-state index in [1.54, 1.807) is 41.0 Å². The Morgan fingerprint density at radius 3 is 2.25 bits per heavy atom. The number of hydrogen-bond donors (Lipinski definition) is 1. The number of aliphatic carboxylic acids is 1.